The largest absolute Gasteiger partial charge is 0.341 e. The molecular weight excluding hydrogens is 176 g/mol. The van der Waals surface area contributed by atoms with E-state index in [1.54, 1.807) is 0 Å². The van der Waals surface area contributed by atoms with Crippen LogP contribution in [-0.4, -0.2) is 29.9 Å². The van der Waals surface area contributed by atoms with Crippen LogP contribution in [0.4, 0.5) is 0 Å². The average Bonchev–Trinajstić information content (AvgIpc) is 2.12. The summed E-state index contributed by atoms with van der Waals surface area (Å²) in [6, 6.07) is 0.133. The zero-order valence-corrected chi connectivity index (χ0v) is 8.70. The van der Waals surface area contributed by atoms with Crippen LogP contribution < -0.4 is 5.73 Å². The second-order valence-corrected chi connectivity index (χ2v) is 4.10. The van der Waals surface area contributed by atoms with Crippen molar-refractivity contribution < 1.29 is 4.79 Å². The maximum atomic E-state index is 11.6. The standard InChI is InChI=1S/C11H18N2O/c1-3-4-5-11(14)13-7-9(2)6-10(12)8-13/h1,9-10H,4-8,12H2,2H3. The Morgan fingerprint density at radius 1 is 1.64 bits per heavy atom. The van der Waals surface area contributed by atoms with Crippen LogP contribution in [0.15, 0.2) is 0 Å². The third kappa shape index (κ3) is 3.04. The lowest BCUT2D eigenvalue weighted by Gasteiger charge is -2.34. The molecule has 1 amide bonds. The third-order valence-electron chi connectivity index (χ3n) is 2.53. The number of nitrogens with two attached hydrogens (primary N) is 1. The van der Waals surface area contributed by atoms with Gasteiger partial charge in [0, 0.05) is 32.0 Å². The first kappa shape index (κ1) is 11.1. The Labute approximate surface area is 85.6 Å². The van der Waals surface area contributed by atoms with Crippen LogP contribution in [0.5, 0.6) is 0 Å². The maximum Gasteiger partial charge on any atom is 0.223 e. The molecular formula is C11H18N2O. The first-order valence-corrected chi connectivity index (χ1v) is 5.10. The highest BCUT2D eigenvalue weighted by Gasteiger charge is 2.24. The van der Waals surface area contributed by atoms with E-state index in [9.17, 15) is 4.79 Å². The van der Waals surface area contributed by atoms with Crippen LogP contribution in [0.3, 0.4) is 0 Å². The van der Waals surface area contributed by atoms with Crippen molar-refractivity contribution in [2.24, 2.45) is 11.7 Å². The Kier molecular flexibility index (Phi) is 3.97. The Balaban J connectivity index is 2.43. The molecule has 3 heteroatoms. The SMILES string of the molecule is C#CCCC(=O)N1CC(C)CC(N)C1. The van der Waals surface area contributed by atoms with Crippen LogP contribution in [-0.2, 0) is 4.79 Å². The van der Waals surface area contributed by atoms with Gasteiger partial charge in [0.2, 0.25) is 5.91 Å². The minimum atomic E-state index is 0.133. The van der Waals surface area contributed by atoms with Crippen LogP contribution in [0.2, 0.25) is 0 Å². The van der Waals surface area contributed by atoms with Crippen LogP contribution in [0.1, 0.15) is 26.2 Å². The Morgan fingerprint density at radius 3 is 2.93 bits per heavy atom. The minimum absolute atomic E-state index is 0.133. The molecule has 0 spiro atoms. The van der Waals surface area contributed by atoms with Gasteiger partial charge in [-0.3, -0.25) is 4.79 Å². The zero-order valence-electron chi connectivity index (χ0n) is 8.70. The molecule has 2 atom stereocenters. The van der Waals surface area contributed by atoms with Crippen molar-refractivity contribution >= 4 is 5.91 Å². The van der Waals surface area contributed by atoms with Crippen molar-refractivity contribution in [1.29, 1.82) is 0 Å². The molecule has 0 aromatic heterocycles. The van der Waals surface area contributed by atoms with Gasteiger partial charge in [0.05, 0.1) is 0 Å². The molecule has 1 aliphatic rings. The molecule has 0 radical (unpaired) electrons. The monoisotopic (exact) mass is 194 g/mol. The molecule has 2 unspecified atom stereocenters. The highest BCUT2D eigenvalue weighted by atomic mass is 16.2. The molecule has 1 aliphatic heterocycles. The fourth-order valence-electron chi connectivity index (χ4n) is 1.94. The van der Waals surface area contributed by atoms with Crippen molar-refractivity contribution in [2.75, 3.05) is 13.1 Å². The van der Waals surface area contributed by atoms with Crippen LogP contribution >= 0.6 is 0 Å². The lowest BCUT2D eigenvalue weighted by atomic mass is 9.96. The summed E-state index contributed by atoms with van der Waals surface area (Å²) in [6.07, 6.45) is 7.11. The van der Waals surface area contributed by atoms with Gasteiger partial charge < -0.3 is 10.6 Å². The van der Waals surface area contributed by atoms with Gasteiger partial charge in [-0.1, -0.05) is 6.92 Å². The summed E-state index contributed by atoms with van der Waals surface area (Å²) >= 11 is 0. The zero-order chi connectivity index (χ0) is 10.6. The minimum Gasteiger partial charge on any atom is -0.341 e. The predicted octanol–water partition coefficient (Wildman–Crippen LogP) is 0.596. The first-order chi connectivity index (χ1) is 6.63. The molecule has 0 bridgehead atoms. The van der Waals surface area contributed by atoms with Gasteiger partial charge in [-0.25, -0.2) is 0 Å². The number of terminal acetylenes is 1. The number of hydrogen-bond acceptors (Lipinski definition) is 2. The van der Waals surface area contributed by atoms with Gasteiger partial charge in [-0.15, -0.1) is 12.3 Å². The maximum absolute atomic E-state index is 11.6. The second-order valence-electron chi connectivity index (χ2n) is 4.10. The van der Waals surface area contributed by atoms with Gasteiger partial charge in [0.1, 0.15) is 0 Å². The molecule has 0 aliphatic carbocycles. The molecule has 78 valence electrons. The molecule has 0 aromatic carbocycles. The molecule has 14 heavy (non-hydrogen) atoms. The number of rotatable bonds is 2. The van der Waals surface area contributed by atoms with E-state index in [1.807, 2.05) is 4.90 Å². The van der Waals surface area contributed by atoms with Gasteiger partial charge in [-0.2, -0.15) is 0 Å². The van der Waals surface area contributed by atoms with E-state index in [-0.39, 0.29) is 11.9 Å². The van der Waals surface area contributed by atoms with E-state index in [2.05, 4.69) is 12.8 Å². The summed E-state index contributed by atoms with van der Waals surface area (Å²) in [5, 5.41) is 0. The van der Waals surface area contributed by atoms with Crippen LogP contribution in [0, 0.1) is 18.3 Å². The topological polar surface area (TPSA) is 46.3 Å². The fraction of sp³-hybridized carbons (Fsp3) is 0.727. The van der Waals surface area contributed by atoms with Gasteiger partial charge in [0.25, 0.3) is 0 Å². The summed E-state index contributed by atoms with van der Waals surface area (Å²) in [5.41, 5.74) is 5.85. The molecule has 1 heterocycles. The Morgan fingerprint density at radius 2 is 2.36 bits per heavy atom. The number of carbonyl (C=O) groups is 1. The summed E-state index contributed by atoms with van der Waals surface area (Å²) in [4.78, 5) is 13.5. The normalized spacial score (nSPS) is 27.1. The predicted molar refractivity (Wildman–Crippen MR) is 56.4 cm³/mol. The smallest absolute Gasteiger partial charge is 0.223 e. The number of piperidine rings is 1. The van der Waals surface area contributed by atoms with Gasteiger partial charge in [0.15, 0.2) is 0 Å². The lowest BCUT2D eigenvalue weighted by Crippen LogP contribution is -2.48. The van der Waals surface area contributed by atoms with E-state index < -0.39 is 0 Å². The number of carbonyl (C=O) groups excluding carboxylic acids is 1. The van der Waals surface area contributed by atoms with Crippen molar-refractivity contribution in [2.45, 2.75) is 32.2 Å². The number of likely N-dealkylation sites (tertiary alicyclic amines) is 1. The van der Waals surface area contributed by atoms with E-state index >= 15 is 0 Å². The number of nitrogens with zero attached hydrogens (tertiary/aromatic N) is 1. The summed E-state index contributed by atoms with van der Waals surface area (Å²) in [6.45, 7) is 3.64. The molecule has 1 rings (SSSR count). The highest BCUT2D eigenvalue weighted by Crippen LogP contribution is 2.15. The van der Waals surface area contributed by atoms with Gasteiger partial charge in [-0.05, 0) is 12.3 Å². The molecule has 1 saturated heterocycles. The van der Waals surface area contributed by atoms with Gasteiger partial charge >= 0.3 is 0 Å². The molecule has 3 nitrogen and oxygen atoms in total. The Bertz CT molecular complexity index is 234. The summed E-state index contributed by atoms with van der Waals surface area (Å²) in [5.74, 6) is 3.13. The Hall–Kier alpha value is -1.01. The second kappa shape index (κ2) is 5.02. The van der Waals surface area contributed by atoms with Crippen molar-refractivity contribution in [3.05, 3.63) is 0 Å². The highest BCUT2D eigenvalue weighted by molar-refractivity contribution is 5.76. The van der Waals surface area contributed by atoms with Crippen molar-refractivity contribution in [3.63, 3.8) is 0 Å². The number of amides is 1. The van der Waals surface area contributed by atoms with Crippen molar-refractivity contribution in [1.82, 2.24) is 4.90 Å². The summed E-state index contributed by atoms with van der Waals surface area (Å²) < 4.78 is 0. The quantitative estimate of drug-likeness (QED) is 0.654. The molecule has 0 saturated carbocycles. The fourth-order valence-corrected chi connectivity index (χ4v) is 1.94. The third-order valence-corrected chi connectivity index (χ3v) is 2.53. The first-order valence-electron chi connectivity index (χ1n) is 5.10. The molecule has 2 N–H and O–H groups in total. The summed E-state index contributed by atoms with van der Waals surface area (Å²) in [7, 11) is 0. The number of hydrogen-bond donors (Lipinski definition) is 1. The molecule has 1 fully saturated rings. The van der Waals surface area contributed by atoms with Crippen LogP contribution in [0.25, 0.3) is 0 Å². The van der Waals surface area contributed by atoms with E-state index in [1.165, 1.54) is 0 Å². The van der Waals surface area contributed by atoms with E-state index in [0.29, 0.717) is 25.3 Å². The van der Waals surface area contributed by atoms with Crippen molar-refractivity contribution in [3.8, 4) is 12.3 Å². The molecule has 0 aromatic rings. The van der Waals surface area contributed by atoms with E-state index in [0.717, 1.165) is 13.0 Å². The van der Waals surface area contributed by atoms with E-state index in [4.69, 9.17) is 12.2 Å². The average molecular weight is 194 g/mol. The lowest BCUT2D eigenvalue weighted by molar-refractivity contribution is -0.133.